The van der Waals surface area contributed by atoms with Crippen molar-refractivity contribution in [1.29, 1.82) is 0 Å². The lowest BCUT2D eigenvalue weighted by Crippen LogP contribution is -2.58. The fraction of sp³-hybridized carbons (Fsp3) is 1.00. The van der Waals surface area contributed by atoms with E-state index in [1.165, 1.54) is 58.2 Å². The van der Waals surface area contributed by atoms with Gasteiger partial charge in [-0.3, -0.25) is 4.90 Å². The molecule has 0 radical (unpaired) electrons. The number of nitrogens with zero attached hydrogens (tertiary/aromatic N) is 2. The number of hydrogen-bond donors (Lipinski definition) is 1. The molecule has 2 N–H and O–H groups in total. The van der Waals surface area contributed by atoms with Crippen molar-refractivity contribution in [3.8, 4) is 0 Å². The normalized spacial score (nSPS) is 30.6. The average Bonchev–Trinajstić information content (AvgIpc) is 2.55. The summed E-state index contributed by atoms with van der Waals surface area (Å²) in [5.41, 5.74) is 6.43. The van der Waals surface area contributed by atoms with E-state index in [0.29, 0.717) is 6.04 Å². The molecule has 0 amide bonds. The number of rotatable bonds is 5. The molecule has 2 unspecified atom stereocenters. The van der Waals surface area contributed by atoms with Crippen molar-refractivity contribution in [1.82, 2.24) is 9.80 Å². The van der Waals surface area contributed by atoms with Crippen LogP contribution >= 0.6 is 0 Å². The van der Waals surface area contributed by atoms with Crippen molar-refractivity contribution in [3.63, 3.8) is 0 Å². The van der Waals surface area contributed by atoms with Gasteiger partial charge >= 0.3 is 0 Å². The molecular formula is C16H33N3. The fourth-order valence-electron chi connectivity index (χ4n) is 3.94. The summed E-state index contributed by atoms with van der Waals surface area (Å²) in [5.74, 6) is 0.937. The lowest BCUT2D eigenvalue weighted by atomic mass is 9.75. The summed E-state index contributed by atoms with van der Waals surface area (Å²) >= 11 is 0. The highest BCUT2D eigenvalue weighted by Crippen LogP contribution is 2.37. The van der Waals surface area contributed by atoms with Gasteiger partial charge in [-0.05, 0) is 45.7 Å². The Morgan fingerprint density at radius 1 is 1.21 bits per heavy atom. The van der Waals surface area contributed by atoms with E-state index in [4.69, 9.17) is 5.73 Å². The zero-order valence-corrected chi connectivity index (χ0v) is 13.2. The first kappa shape index (κ1) is 15.3. The van der Waals surface area contributed by atoms with Crippen LogP contribution in [0.5, 0.6) is 0 Å². The van der Waals surface area contributed by atoms with E-state index in [2.05, 4.69) is 30.7 Å². The Balaban J connectivity index is 2.08. The maximum atomic E-state index is 6.21. The van der Waals surface area contributed by atoms with Crippen LogP contribution < -0.4 is 5.73 Å². The molecule has 3 heteroatoms. The van der Waals surface area contributed by atoms with Crippen molar-refractivity contribution < 1.29 is 0 Å². The quantitative estimate of drug-likeness (QED) is 0.829. The van der Waals surface area contributed by atoms with E-state index in [0.717, 1.165) is 12.5 Å². The molecule has 1 saturated carbocycles. The van der Waals surface area contributed by atoms with E-state index in [-0.39, 0.29) is 5.54 Å². The minimum Gasteiger partial charge on any atom is -0.329 e. The molecule has 1 aliphatic heterocycles. The van der Waals surface area contributed by atoms with E-state index < -0.39 is 0 Å². The van der Waals surface area contributed by atoms with Crippen LogP contribution in [0.4, 0.5) is 0 Å². The van der Waals surface area contributed by atoms with Crippen LogP contribution in [-0.2, 0) is 0 Å². The van der Waals surface area contributed by atoms with Gasteiger partial charge in [0.1, 0.15) is 0 Å². The Hall–Kier alpha value is -0.120. The third kappa shape index (κ3) is 3.50. The predicted octanol–water partition coefficient (Wildman–Crippen LogP) is 2.31. The molecule has 1 aliphatic carbocycles. The van der Waals surface area contributed by atoms with Crippen molar-refractivity contribution >= 4 is 0 Å². The van der Waals surface area contributed by atoms with Crippen LogP contribution in [-0.4, -0.2) is 54.6 Å². The molecule has 0 bridgehead atoms. The Bertz CT molecular complexity index is 277. The van der Waals surface area contributed by atoms with Gasteiger partial charge in [0.15, 0.2) is 0 Å². The van der Waals surface area contributed by atoms with Gasteiger partial charge in [-0.15, -0.1) is 0 Å². The van der Waals surface area contributed by atoms with Crippen LogP contribution in [0.25, 0.3) is 0 Å². The van der Waals surface area contributed by atoms with Crippen LogP contribution in [0.3, 0.4) is 0 Å². The number of nitrogens with two attached hydrogens (primary N) is 1. The molecule has 0 aromatic heterocycles. The second-order valence-corrected chi connectivity index (χ2v) is 7.07. The summed E-state index contributed by atoms with van der Waals surface area (Å²) in [5, 5.41) is 0. The van der Waals surface area contributed by atoms with Gasteiger partial charge in [-0.1, -0.05) is 26.2 Å². The molecular weight excluding hydrogens is 234 g/mol. The van der Waals surface area contributed by atoms with E-state index in [1.54, 1.807) is 0 Å². The summed E-state index contributed by atoms with van der Waals surface area (Å²) in [6.45, 7) is 9.22. The molecule has 1 heterocycles. The zero-order chi connectivity index (χ0) is 13.9. The van der Waals surface area contributed by atoms with Crippen molar-refractivity contribution in [2.45, 2.75) is 64.0 Å². The Morgan fingerprint density at radius 2 is 1.95 bits per heavy atom. The first-order valence-electron chi connectivity index (χ1n) is 8.24. The molecule has 2 fully saturated rings. The first-order chi connectivity index (χ1) is 9.09. The molecule has 2 rings (SSSR count). The zero-order valence-electron chi connectivity index (χ0n) is 13.2. The maximum absolute atomic E-state index is 6.21. The first-order valence-corrected chi connectivity index (χ1v) is 8.24. The summed E-state index contributed by atoms with van der Waals surface area (Å²) in [6.07, 6.45) is 8.13. The molecule has 2 aliphatic rings. The van der Waals surface area contributed by atoms with Gasteiger partial charge in [0.25, 0.3) is 0 Å². The van der Waals surface area contributed by atoms with Crippen LogP contribution in [0.15, 0.2) is 0 Å². The monoisotopic (exact) mass is 267 g/mol. The average molecular weight is 267 g/mol. The summed E-state index contributed by atoms with van der Waals surface area (Å²) in [7, 11) is 2.26. The summed E-state index contributed by atoms with van der Waals surface area (Å²) in [6, 6.07) is 0.682. The van der Waals surface area contributed by atoms with Gasteiger partial charge in [-0.25, -0.2) is 0 Å². The van der Waals surface area contributed by atoms with Crippen LogP contribution in [0.2, 0.25) is 0 Å². The highest BCUT2D eigenvalue weighted by atomic mass is 15.3. The Labute approximate surface area is 119 Å². The van der Waals surface area contributed by atoms with Gasteiger partial charge in [0.05, 0.1) is 0 Å². The Morgan fingerprint density at radius 3 is 2.47 bits per heavy atom. The fourth-order valence-corrected chi connectivity index (χ4v) is 3.94. The minimum atomic E-state index is 0.219. The Kier molecular flexibility index (Phi) is 5.27. The molecule has 1 saturated heterocycles. The van der Waals surface area contributed by atoms with E-state index >= 15 is 0 Å². The van der Waals surface area contributed by atoms with Crippen LogP contribution in [0, 0.1) is 5.92 Å². The molecule has 19 heavy (non-hydrogen) atoms. The third-order valence-corrected chi connectivity index (χ3v) is 5.46. The topological polar surface area (TPSA) is 32.5 Å². The third-order valence-electron chi connectivity index (χ3n) is 5.46. The standard InChI is InChI=1S/C16H33N3/c1-4-15-12-18(3)9-6-10-19(15)16(2,13-17)11-14-7-5-8-14/h14-15H,4-13,17H2,1-3H3. The smallest absolute Gasteiger partial charge is 0.0309 e. The van der Waals surface area contributed by atoms with Crippen molar-refractivity contribution in [2.75, 3.05) is 33.2 Å². The molecule has 112 valence electrons. The summed E-state index contributed by atoms with van der Waals surface area (Å²) in [4.78, 5) is 5.25. The molecule has 3 nitrogen and oxygen atoms in total. The minimum absolute atomic E-state index is 0.219. The molecule has 0 aromatic carbocycles. The second-order valence-electron chi connectivity index (χ2n) is 7.07. The number of likely N-dealkylation sites (N-methyl/N-ethyl adjacent to an activating group) is 1. The second kappa shape index (κ2) is 6.55. The summed E-state index contributed by atoms with van der Waals surface area (Å²) < 4.78 is 0. The van der Waals surface area contributed by atoms with E-state index in [9.17, 15) is 0 Å². The van der Waals surface area contributed by atoms with Crippen LogP contribution in [0.1, 0.15) is 52.4 Å². The molecule has 0 spiro atoms. The number of hydrogen-bond acceptors (Lipinski definition) is 3. The van der Waals surface area contributed by atoms with Crippen molar-refractivity contribution in [2.24, 2.45) is 11.7 Å². The SMILES string of the molecule is CCC1CN(C)CCCN1C(C)(CN)CC1CCC1. The van der Waals surface area contributed by atoms with Gasteiger partial charge < -0.3 is 10.6 Å². The lowest BCUT2D eigenvalue weighted by Gasteiger charge is -2.47. The predicted molar refractivity (Wildman–Crippen MR) is 82.3 cm³/mol. The largest absolute Gasteiger partial charge is 0.329 e. The van der Waals surface area contributed by atoms with Gasteiger partial charge in [-0.2, -0.15) is 0 Å². The van der Waals surface area contributed by atoms with Gasteiger partial charge in [0.2, 0.25) is 0 Å². The van der Waals surface area contributed by atoms with E-state index in [1.807, 2.05) is 0 Å². The molecule has 0 aromatic rings. The molecule has 2 atom stereocenters. The highest BCUT2D eigenvalue weighted by molar-refractivity contribution is 4.95. The lowest BCUT2D eigenvalue weighted by molar-refractivity contribution is 0.0302. The van der Waals surface area contributed by atoms with Crippen molar-refractivity contribution in [3.05, 3.63) is 0 Å². The highest BCUT2D eigenvalue weighted by Gasteiger charge is 2.38. The maximum Gasteiger partial charge on any atom is 0.0309 e. The van der Waals surface area contributed by atoms with Gasteiger partial charge in [0, 0.05) is 31.2 Å².